The highest BCUT2D eigenvalue weighted by Crippen LogP contribution is 2.38. The summed E-state index contributed by atoms with van der Waals surface area (Å²) in [6, 6.07) is 0. The van der Waals surface area contributed by atoms with Gasteiger partial charge in [0.25, 0.3) is 0 Å². The normalized spacial score (nSPS) is 44.9. The number of aliphatic hydroxyl groups excluding tert-OH is 2. The predicted octanol–water partition coefficient (Wildman–Crippen LogP) is 2.08. The molecule has 5 aliphatic rings. The molecule has 192 valence electrons. The molecule has 0 bridgehead atoms. The topological polar surface area (TPSA) is 104 Å². The second-order valence-electron chi connectivity index (χ2n) is 11.0. The summed E-state index contributed by atoms with van der Waals surface area (Å²) in [5.41, 5.74) is 1.14. The van der Waals surface area contributed by atoms with E-state index in [0.717, 1.165) is 50.7 Å². The number of hydrogen-bond acceptors (Lipinski definition) is 8. The van der Waals surface area contributed by atoms with Gasteiger partial charge in [0.1, 0.15) is 18.0 Å². The summed E-state index contributed by atoms with van der Waals surface area (Å²) in [6.45, 7) is 6.05. The average Bonchev–Trinajstić information content (AvgIpc) is 3.54. The Kier molecular flexibility index (Phi) is 8.05. The second-order valence-corrected chi connectivity index (χ2v) is 11.0. The molecule has 5 saturated heterocycles. The van der Waals surface area contributed by atoms with Crippen molar-refractivity contribution in [2.24, 2.45) is 5.92 Å². The molecule has 34 heavy (non-hydrogen) atoms. The van der Waals surface area contributed by atoms with Gasteiger partial charge in [0, 0.05) is 38.9 Å². The van der Waals surface area contributed by atoms with E-state index in [1.807, 2.05) is 0 Å². The minimum atomic E-state index is -0.697. The average molecular weight is 481 g/mol. The number of carbonyl (C=O) groups excluding carboxylic acids is 1. The first kappa shape index (κ1) is 24.8. The molecule has 5 heterocycles. The highest BCUT2D eigenvalue weighted by atomic mass is 16.6. The van der Waals surface area contributed by atoms with Crippen LogP contribution < -0.4 is 0 Å². The number of rotatable bonds is 8. The largest absolute Gasteiger partial charge is 0.390 e. The van der Waals surface area contributed by atoms with Crippen LogP contribution in [-0.2, 0) is 28.5 Å². The number of hydrogen-bond donors (Lipinski definition) is 2. The minimum absolute atomic E-state index is 0.0285. The molecule has 5 aliphatic heterocycles. The lowest BCUT2D eigenvalue weighted by Gasteiger charge is -2.46. The molecule has 0 spiro atoms. The Morgan fingerprint density at radius 3 is 2.41 bits per heavy atom. The number of Topliss-reactive ketones (excluding diaryl/α,β-unsaturated/α-hetero) is 1. The van der Waals surface area contributed by atoms with Gasteiger partial charge in [-0.15, -0.1) is 0 Å². The number of ketones is 1. The van der Waals surface area contributed by atoms with Gasteiger partial charge in [-0.1, -0.05) is 6.58 Å². The third kappa shape index (κ3) is 5.91. The van der Waals surface area contributed by atoms with Crippen molar-refractivity contribution in [2.75, 3.05) is 19.8 Å². The molecule has 5 rings (SSSR count). The van der Waals surface area contributed by atoms with Crippen LogP contribution in [0.5, 0.6) is 0 Å². The van der Waals surface area contributed by atoms with E-state index in [9.17, 15) is 15.0 Å². The fourth-order valence-corrected chi connectivity index (χ4v) is 6.32. The monoisotopic (exact) mass is 480 g/mol. The molecule has 5 fully saturated rings. The summed E-state index contributed by atoms with van der Waals surface area (Å²) >= 11 is 0. The fraction of sp³-hybridized carbons (Fsp3) is 0.885. The van der Waals surface area contributed by atoms with Crippen molar-refractivity contribution in [1.82, 2.24) is 0 Å². The van der Waals surface area contributed by atoms with Crippen LogP contribution in [0.15, 0.2) is 12.2 Å². The SMILES string of the molecule is C=C1COC(CCC2CC(O)C(C3CC(O)C4OC(CC(=O)CC5CCOC5)CCC4O3)O2)C1. The Morgan fingerprint density at radius 2 is 1.65 bits per heavy atom. The van der Waals surface area contributed by atoms with E-state index in [1.165, 1.54) is 0 Å². The van der Waals surface area contributed by atoms with Crippen LogP contribution in [0, 0.1) is 5.92 Å². The van der Waals surface area contributed by atoms with Crippen molar-refractivity contribution in [3.63, 3.8) is 0 Å². The van der Waals surface area contributed by atoms with Gasteiger partial charge in [0.2, 0.25) is 0 Å². The predicted molar refractivity (Wildman–Crippen MR) is 122 cm³/mol. The maximum atomic E-state index is 12.5. The van der Waals surface area contributed by atoms with Crippen LogP contribution in [0.2, 0.25) is 0 Å². The molecule has 0 radical (unpaired) electrons. The van der Waals surface area contributed by atoms with Crippen molar-refractivity contribution >= 4 is 5.78 Å². The van der Waals surface area contributed by atoms with Crippen LogP contribution in [0.1, 0.15) is 64.2 Å². The van der Waals surface area contributed by atoms with E-state index in [2.05, 4.69) is 6.58 Å². The molecule has 0 aliphatic carbocycles. The summed E-state index contributed by atoms with van der Waals surface area (Å²) in [5.74, 6) is 0.545. The molecular weight excluding hydrogens is 440 g/mol. The Hall–Kier alpha value is -0.870. The Balaban J connectivity index is 1.08. The van der Waals surface area contributed by atoms with Gasteiger partial charge in [0.05, 0.1) is 49.3 Å². The van der Waals surface area contributed by atoms with Crippen LogP contribution in [0.3, 0.4) is 0 Å². The lowest BCUT2D eigenvalue weighted by atomic mass is 9.87. The van der Waals surface area contributed by atoms with Crippen LogP contribution in [0.25, 0.3) is 0 Å². The molecule has 0 amide bonds. The summed E-state index contributed by atoms with van der Waals surface area (Å²) in [5, 5.41) is 21.5. The van der Waals surface area contributed by atoms with Crippen LogP contribution in [0.4, 0.5) is 0 Å². The summed E-state index contributed by atoms with van der Waals surface area (Å²) < 4.78 is 29.8. The number of fused-ring (bicyclic) bond motifs is 1. The smallest absolute Gasteiger partial charge is 0.135 e. The van der Waals surface area contributed by atoms with Crippen molar-refractivity contribution in [1.29, 1.82) is 0 Å². The van der Waals surface area contributed by atoms with Gasteiger partial charge in [-0.2, -0.15) is 0 Å². The van der Waals surface area contributed by atoms with E-state index in [0.29, 0.717) is 44.8 Å². The van der Waals surface area contributed by atoms with Gasteiger partial charge in [0.15, 0.2) is 0 Å². The molecule has 0 saturated carbocycles. The Labute approximate surface area is 201 Å². The maximum Gasteiger partial charge on any atom is 0.135 e. The van der Waals surface area contributed by atoms with Gasteiger partial charge in [-0.25, -0.2) is 0 Å². The first-order valence-corrected chi connectivity index (χ1v) is 13.1. The molecular formula is C26H40O8. The Bertz CT molecular complexity index is 722. The van der Waals surface area contributed by atoms with E-state index in [4.69, 9.17) is 23.7 Å². The molecule has 10 atom stereocenters. The first-order chi connectivity index (χ1) is 16.4. The van der Waals surface area contributed by atoms with Gasteiger partial charge in [-0.3, -0.25) is 4.79 Å². The molecule has 0 aromatic heterocycles. The molecule has 8 heteroatoms. The lowest BCUT2D eigenvalue weighted by Crippen LogP contribution is -2.57. The third-order valence-corrected chi connectivity index (χ3v) is 8.14. The van der Waals surface area contributed by atoms with Crippen molar-refractivity contribution in [2.45, 2.75) is 119 Å². The van der Waals surface area contributed by atoms with E-state index in [-0.39, 0.29) is 36.3 Å². The summed E-state index contributed by atoms with van der Waals surface area (Å²) in [7, 11) is 0. The van der Waals surface area contributed by atoms with Gasteiger partial charge in [-0.05, 0) is 50.0 Å². The number of ether oxygens (including phenoxy) is 5. The van der Waals surface area contributed by atoms with Gasteiger partial charge >= 0.3 is 0 Å². The lowest BCUT2D eigenvalue weighted by molar-refractivity contribution is -0.247. The standard InChI is InChI=1S/C26H40O8/c1-15-8-18(31-13-15)2-3-20-11-21(28)26(33-20)24-12-22(29)25-23(34-24)5-4-19(32-25)10-17(27)9-16-6-7-30-14-16/h16,18-26,28-29H,1-14H2. The number of aliphatic hydroxyl groups is 2. The third-order valence-electron chi connectivity index (χ3n) is 8.14. The summed E-state index contributed by atoms with van der Waals surface area (Å²) in [6.07, 6.45) is 4.17. The quantitative estimate of drug-likeness (QED) is 0.509. The van der Waals surface area contributed by atoms with E-state index in [1.54, 1.807) is 0 Å². The Morgan fingerprint density at radius 1 is 0.882 bits per heavy atom. The number of carbonyl (C=O) groups is 1. The second kappa shape index (κ2) is 11.0. The molecule has 0 aromatic rings. The van der Waals surface area contributed by atoms with E-state index >= 15 is 0 Å². The molecule has 0 aromatic carbocycles. The maximum absolute atomic E-state index is 12.5. The minimum Gasteiger partial charge on any atom is -0.390 e. The molecule has 2 N–H and O–H groups in total. The van der Waals surface area contributed by atoms with Crippen molar-refractivity contribution in [3.05, 3.63) is 12.2 Å². The van der Waals surface area contributed by atoms with E-state index < -0.39 is 24.4 Å². The highest BCUT2D eigenvalue weighted by molar-refractivity contribution is 5.79. The summed E-state index contributed by atoms with van der Waals surface area (Å²) in [4.78, 5) is 12.5. The zero-order chi connectivity index (χ0) is 23.7. The van der Waals surface area contributed by atoms with Crippen molar-refractivity contribution in [3.8, 4) is 0 Å². The van der Waals surface area contributed by atoms with Crippen molar-refractivity contribution < 1.29 is 38.7 Å². The zero-order valence-corrected chi connectivity index (χ0v) is 20.0. The highest BCUT2D eigenvalue weighted by Gasteiger charge is 2.49. The van der Waals surface area contributed by atoms with Gasteiger partial charge < -0.3 is 33.9 Å². The zero-order valence-electron chi connectivity index (χ0n) is 20.0. The van der Waals surface area contributed by atoms with Crippen LogP contribution >= 0.6 is 0 Å². The fourth-order valence-electron chi connectivity index (χ4n) is 6.32. The molecule has 10 unspecified atom stereocenters. The molecule has 8 nitrogen and oxygen atoms in total. The first-order valence-electron chi connectivity index (χ1n) is 13.1. The van der Waals surface area contributed by atoms with Crippen LogP contribution in [-0.4, -0.2) is 90.8 Å².